The molecule has 3 aromatic rings. The number of aromatic nitrogens is 2. The van der Waals surface area contributed by atoms with Crippen LogP contribution in [0.4, 0.5) is 0 Å². The van der Waals surface area contributed by atoms with Crippen molar-refractivity contribution in [1.29, 1.82) is 5.26 Å². The molecule has 3 rings (SSSR count). The number of nitriles is 1. The van der Waals surface area contributed by atoms with Crippen molar-refractivity contribution in [3.63, 3.8) is 0 Å². The van der Waals surface area contributed by atoms with E-state index in [4.69, 9.17) is 5.26 Å². The quantitative estimate of drug-likeness (QED) is 0.797. The first-order chi connectivity index (χ1) is 10.3. The standard InChI is InChI=1S/C17H16N4/c1-19-12-13-5-4-6-14(11-13)21-16-8-3-2-7-15(16)20-17(21)9-10-18/h2-8,11,19H,9,12H2,1H3. The van der Waals surface area contributed by atoms with Gasteiger partial charge in [-0.25, -0.2) is 4.98 Å². The fourth-order valence-electron chi connectivity index (χ4n) is 2.56. The normalized spacial score (nSPS) is 10.7. The Morgan fingerprint density at radius 2 is 2.05 bits per heavy atom. The van der Waals surface area contributed by atoms with E-state index in [1.807, 2.05) is 43.4 Å². The van der Waals surface area contributed by atoms with E-state index >= 15 is 0 Å². The largest absolute Gasteiger partial charge is 0.316 e. The molecule has 0 saturated carbocycles. The number of imidazole rings is 1. The highest BCUT2D eigenvalue weighted by atomic mass is 15.1. The maximum Gasteiger partial charge on any atom is 0.128 e. The number of fused-ring (bicyclic) bond motifs is 1. The maximum absolute atomic E-state index is 9.04. The molecule has 0 radical (unpaired) electrons. The molecule has 0 saturated heterocycles. The molecule has 2 aromatic carbocycles. The smallest absolute Gasteiger partial charge is 0.128 e. The molecule has 0 spiro atoms. The van der Waals surface area contributed by atoms with Gasteiger partial charge in [0, 0.05) is 12.2 Å². The van der Waals surface area contributed by atoms with Gasteiger partial charge in [0.05, 0.1) is 23.5 Å². The van der Waals surface area contributed by atoms with Crippen molar-refractivity contribution < 1.29 is 0 Å². The van der Waals surface area contributed by atoms with Gasteiger partial charge in [0.2, 0.25) is 0 Å². The van der Waals surface area contributed by atoms with E-state index in [2.05, 4.69) is 33.1 Å². The van der Waals surface area contributed by atoms with Crippen molar-refractivity contribution in [2.24, 2.45) is 0 Å². The van der Waals surface area contributed by atoms with Crippen molar-refractivity contribution in [3.05, 3.63) is 59.9 Å². The molecule has 0 unspecified atom stereocenters. The Morgan fingerprint density at radius 3 is 2.86 bits per heavy atom. The Morgan fingerprint density at radius 1 is 1.19 bits per heavy atom. The van der Waals surface area contributed by atoms with Crippen LogP contribution in [0.5, 0.6) is 0 Å². The van der Waals surface area contributed by atoms with E-state index in [-0.39, 0.29) is 0 Å². The molecule has 0 bridgehead atoms. The van der Waals surface area contributed by atoms with E-state index in [1.165, 1.54) is 5.56 Å². The Kier molecular flexibility index (Phi) is 3.67. The highest BCUT2D eigenvalue weighted by molar-refractivity contribution is 5.78. The molecule has 0 aliphatic carbocycles. The summed E-state index contributed by atoms with van der Waals surface area (Å²) in [5.74, 6) is 0.778. The van der Waals surface area contributed by atoms with Crippen molar-refractivity contribution in [1.82, 2.24) is 14.9 Å². The number of hydrogen-bond acceptors (Lipinski definition) is 3. The number of hydrogen-bond donors (Lipinski definition) is 1. The molecule has 4 nitrogen and oxygen atoms in total. The van der Waals surface area contributed by atoms with Crippen LogP contribution in [0.1, 0.15) is 11.4 Å². The Hall–Kier alpha value is -2.64. The fourth-order valence-corrected chi connectivity index (χ4v) is 2.56. The second-order valence-electron chi connectivity index (χ2n) is 4.89. The SMILES string of the molecule is CNCc1cccc(-n2c(CC#N)nc3ccccc32)c1. The van der Waals surface area contributed by atoms with Gasteiger partial charge in [0.15, 0.2) is 0 Å². The average Bonchev–Trinajstić information content (AvgIpc) is 2.86. The molecule has 0 fully saturated rings. The van der Waals surface area contributed by atoms with Crippen LogP contribution in [0.3, 0.4) is 0 Å². The molecule has 1 N–H and O–H groups in total. The second kappa shape index (κ2) is 5.78. The number of benzene rings is 2. The van der Waals surface area contributed by atoms with Gasteiger partial charge < -0.3 is 5.32 Å². The summed E-state index contributed by atoms with van der Waals surface area (Å²) in [5.41, 5.74) is 4.20. The summed E-state index contributed by atoms with van der Waals surface area (Å²) in [6.07, 6.45) is 0.297. The lowest BCUT2D eigenvalue weighted by atomic mass is 10.2. The van der Waals surface area contributed by atoms with Gasteiger partial charge in [-0.05, 0) is 36.9 Å². The van der Waals surface area contributed by atoms with E-state index in [0.29, 0.717) is 6.42 Å². The lowest BCUT2D eigenvalue weighted by molar-refractivity contribution is 0.815. The van der Waals surface area contributed by atoms with Gasteiger partial charge in [0.25, 0.3) is 0 Å². The van der Waals surface area contributed by atoms with Crippen LogP contribution in [0.15, 0.2) is 48.5 Å². The highest BCUT2D eigenvalue weighted by Crippen LogP contribution is 2.22. The van der Waals surface area contributed by atoms with Crippen LogP contribution in [0.25, 0.3) is 16.7 Å². The molecule has 0 atom stereocenters. The molecule has 1 aromatic heterocycles. The minimum absolute atomic E-state index is 0.297. The molecule has 104 valence electrons. The monoisotopic (exact) mass is 276 g/mol. The first-order valence-electron chi connectivity index (χ1n) is 6.90. The lowest BCUT2D eigenvalue weighted by Gasteiger charge is -2.09. The van der Waals surface area contributed by atoms with Gasteiger partial charge >= 0.3 is 0 Å². The zero-order chi connectivity index (χ0) is 14.7. The summed E-state index contributed by atoms with van der Waals surface area (Å²) in [7, 11) is 1.93. The summed E-state index contributed by atoms with van der Waals surface area (Å²) < 4.78 is 2.07. The molecule has 21 heavy (non-hydrogen) atoms. The van der Waals surface area contributed by atoms with Gasteiger partial charge in [-0.1, -0.05) is 24.3 Å². The van der Waals surface area contributed by atoms with Crippen LogP contribution in [0.2, 0.25) is 0 Å². The Labute approximate surface area is 123 Å². The van der Waals surface area contributed by atoms with Crippen LogP contribution in [-0.4, -0.2) is 16.6 Å². The lowest BCUT2D eigenvalue weighted by Crippen LogP contribution is -2.06. The van der Waals surface area contributed by atoms with Crippen LogP contribution < -0.4 is 5.32 Å². The van der Waals surface area contributed by atoms with Gasteiger partial charge in [-0.3, -0.25) is 4.57 Å². The molecular formula is C17H16N4. The van der Waals surface area contributed by atoms with Gasteiger partial charge in [0.1, 0.15) is 5.82 Å². The predicted octanol–water partition coefficient (Wildman–Crippen LogP) is 2.81. The average molecular weight is 276 g/mol. The fraction of sp³-hybridized carbons (Fsp3) is 0.176. The third-order valence-corrected chi connectivity index (χ3v) is 3.42. The second-order valence-corrected chi connectivity index (χ2v) is 4.89. The third-order valence-electron chi connectivity index (χ3n) is 3.42. The van der Waals surface area contributed by atoms with Crippen molar-refractivity contribution in [3.8, 4) is 11.8 Å². The Balaban J connectivity index is 2.20. The number of rotatable bonds is 4. The summed E-state index contributed by atoms with van der Waals surface area (Å²) in [6, 6.07) is 18.5. The topological polar surface area (TPSA) is 53.6 Å². The van der Waals surface area contributed by atoms with E-state index in [1.54, 1.807) is 0 Å². The molecule has 0 aliphatic rings. The summed E-state index contributed by atoms with van der Waals surface area (Å²) in [6.45, 7) is 0.814. The minimum Gasteiger partial charge on any atom is -0.316 e. The molecular weight excluding hydrogens is 260 g/mol. The Bertz CT molecular complexity index is 811. The summed E-state index contributed by atoms with van der Waals surface area (Å²) in [4.78, 5) is 4.58. The zero-order valence-corrected chi connectivity index (χ0v) is 11.9. The van der Waals surface area contributed by atoms with Crippen molar-refractivity contribution >= 4 is 11.0 Å². The van der Waals surface area contributed by atoms with E-state index in [9.17, 15) is 0 Å². The van der Waals surface area contributed by atoms with E-state index < -0.39 is 0 Å². The number of para-hydroxylation sites is 2. The van der Waals surface area contributed by atoms with Crippen LogP contribution >= 0.6 is 0 Å². The van der Waals surface area contributed by atoms with Crippen molar-refractivity contribution in [2.45, 2.75) is 13.0 Å². The molecule has 1 heterocycles. The molecule has 4 heteroatoms. The van der Waals surface area contributed by atoms with E-state index in [0.717, 1.165) is 29.1 Å². The highest BCUT2D eigenvalue weighted by Gasteiger charge is 2.11. The van der Waals surface area contributed by atoms with Crippen molar-refractivity contribution in [2.75, 3.05) is 7.05 Å². The number of nitrogens with one attached hydrogen (secondary N) is 1. The molecule has 0 amide bonds. The maximum atomic E-state index is 9.04. The minimum atomic E-state index is 0.297. The van der Waals surface area contributed by atoms with Crippen LogP contribution in [-0.2, 0) is 13.0 Å². The third kappa shape index (κ3) is 2.51. The predicted molar refractivity (Wildman–Crippen MR) is 83.2 cm³/mol. The van der Waals surface area contributed by atoms with Gasteiger partial charge in [-0.2, -0.15) is 5.26 Å². The zero-order valence-electron chi connectivity index (χ0n) is 11.9. The summed E-state index contributed by atoms with van der Waals surface area (Å²) in [5, 5.41) is 12.2. The molecule has 0 aliphatic heterocycles. The first-order valence-corrected chi connectivity index (χ1v) is 6.90. The summed E-state index contributed by atoms with van der Waals surface area (Å²) >= 11 is 0. The van der Waals surface area contributed by atoms with Gasteiger partial charge in [-0.15, -0.1) is 0 Å². The first kappa shape index (κ1) is 13.3. The van der Waals surface area contributed by atoms with Crippen LogP contribution in [0, 0.1) is 11.3 Å². The number of nitrogens with zero attached hydrogens (tertiary/aromatic N) is 3.